The van der Waals surface area contributed by atoms with Crippen LogP contribution in [0.4, 0.5) is 0 Å². The van der Waals surface area contributed by atoms with Gasteiger partial charge in [0.05, 0.1) is 5.84 Å². The average molecular weight is 232 g/mol. The Labute approximate surface area is 102 Å². The second-order valence-electron chi connectivity index (χ2n) is 4.67. The summed E-state index contributed by atoms with van der Waals surface area (Å²) in [6, 6.07) is 6.03. The molecule has 2 heterocycles. The topological polar surface area (TPSA) is 66.0 Å². The number of piperidine rings is 1. The number of aromatic nitrogens is 1. The van der Waals surface area contributed by atoms with Crippen LogP contribution in [0.25, 0.3) is 0 Å². The molecule has 1 aromatic rings. The third-order valence-electron chi connectivity index (χ3n) is 3.36. The fourth-order valence-electron chi connectivity index (χ4n) is 2.33. The maximum Gasteiger partial charge on any atom is 0.0949 e. The molecular formula is C13H20N4. The highest BCUT2D eigenvalue weighted by Crippen LogP contribution is 2.16. The van der Waals surface area contributed by atoms with Gasteiger partial charge in [0.15, 0.2) is 0 Å². The van der Waals surface area contributed by atoms with Crippen molar-refractivity contribution >= 4 is 5.84 Å². The summed E-state index contributed by atoms with van der Waals surface area (Å²) in [5, 5.41) is 7.51. The van der Waals surface area contributed by atoms with Gasteiger partial charge in [0.2, 0.25) is 0 Å². The third-order valence-corrected chi connectivity index (χ3v) is 3.36. The molecule has 0 saturated carbocycles. The van der Waals surface area contributed by atoms with Crippen LogP contribution in [0.2, 0.25) is 0 Å². The second-order valence-corrected chi connectivity index (χ2v) is 4.67. The smallest absolute Gasteiger partial charge is 0.0949 e. The molecule has 1 aromatic heterocycles. The van der Waals surface area contributed by atoms with E-state index in [0.29, 0.717) is 5.84 Å². The zero-order valence-corrected chi connectivity index (χ0v) is 10.1. The Morgan fingerprint density at radius 3 is 3.12 bits per heavy atom. The Morgan fingerprint density at radius 1 is 1.53 bits per heavy atom. The Kier molecular flexibility index (Phi) is 4.09. The highest BCUT2D eigenvalue weighted by Gasteiger charge is 2.21. The van der Waals surface area contributed by atoms with Gasteiger partial charge in [0, 0.05) is 37.3 Å². The van der Waals surface area contributed by atoms with Gasteiger partial charge in [-0.3, -0.25) is 10.4 Å². The van der Waals surface area contributed by atoms with E-state index in [9.17, 15) is 0 Å². The number of nitrogens with two attached hydrogens (primary N) is 1. The van der Waals surface area contributed by atoms with Crippen LogP contribution in [-0.2, 0) is 6.42 Å². The van der Waals surface area contributed by atoms with E-state index >= 15 is 0 Å². The highest BCUT2D eigenvalue weighted by atomic mass is 15.1. The van der Waals surface area contributed by atoms with Crippen LogP contribution in [0.5, 0.6) is 0 Å². The number of hydrogen-bond acceptors (Lipinski definition) is 3. The van der Waals surface area contributed by atoms with Crippen LogP contribution in [0.15, 0.2) is 24.4 Å². The predicted octanol–water partition coefficient (Wildman–Crippen LogP) is 1.27. The molecule has 0 aromatic carbocycles. The van der Waals surface area contributed by atoms with Crippen molar-refractivity contribution in [1.82, 2.24) is 9.88 Å². The van der Waals surface area contributed by atoms with Gasteiger partial charge >= 0.3 is 0 Å². The molecule has 0 bridgehead atoms. The van der Waals surface area contributed by atoms with Crippen LogP contribution in [0, 0.1) is 11.3 Å². The third kappa shape index (κ3) is 3.53. The van der Waals surface area contributed by atoms with Gasteiger partial charge in [-0.25, -0.2) is 0 Å². The first-order valence-corrected chi connectivity index (χ1v) is 6.22. The standard InChI is InChI=1S/C13H20N4/c14-13(15)11-4-3-8-17(10-11)9-6-12-5-1-2-7-16-12/h1-2,5,7,11H,3-4,6,8-10H2,(H3,14,15). The van der Waals surface area contributed by atoms with Gasteiger partial charge in [0.1, 0.15) is 0 Å². The number of amidine groups is 1. The summed E-state index contributed by atoms with van der Waals surface area (Å²) in [5.41, 5.74) is 6.72. The lowest BCUT2D eigenvalue weighted by molar-refractivity contribution is 0.205. The second kappa shape index (κ2) is 5.77. The maximum atomic E-state index is 7.51. The van der Waals surface area contributed by atoms with E-state index in [-0.39, 0.29) is 5.92 Å². The van der Waals surface area contributed by atoms with Crippen molar-refractivity contribution in [3.63, 3.8) is 0 Å². The molecule has 1 saturated heterocycles. The molecule has 1 fully saturated rings. The molecule has 1 aliphatic heterocycles. The van der Waals surface area contributed by atoms with E-state index in [1.165, 1.54) is 0 Å². The minimum absolute atomic E-state index is 0.257. The first-order chi connectivity index (χ1) is 8.25. The van der Waals surface area contributed by atoms with Crippen LogP contribution < -0.4 is 5.73 Å². The van der Waals surface area contributed by atoms with E-state index < -0.39 is 0 Å². The lowest BCUT2D eigenvalue weighted by Gasteiger charge is -2.31. The van der Waals surface area contributed by atoms with Crippen LogP contribution in [-0.4, -0.2) is 35.4 Å². The summed E-state index contributed by atoms with van der Waals surface area (Å²) >= 11 is 0. The zero-order chi connectivity index (χ0) is 12.1. The van der Waals surface area contributed by atoms with Crippen LogP contribution in [0.3, 0.4) is 0 Å². The quantitative estimate of drug-likeness (QED) is 0.607. The van der Waals surface area contributed by atoms with E-state index in [1.54, 1.807) is 0 Å². The van der Waals surface area contributed by atoms with Crippen LogP contribution in [0.1, 0.15) is 18.5 Å². The van der Waals surface area contributed by atoms with Gasteiger partial charge in [0.25, 0.3) is 0 Å². The van der Waals surface area contributed by atoms with Gasteiger partial charge in [-0.15, -0.1) is 0 Å². The molecule has 2 rings (SSSR count). The lowest BCUT2D eigenvalue weighted by atomic mass is 9.97. The fraction of sp³-hybridized carbons (Fsp3) is 0.538. The Morgan fingerprint density at radius 2 is 2.41 bits per heavy atom. The zero-order valence-electron chi connectivity index (χ0n) is 10.1. The average Bonchev–Trinajstić information content (AvgIpc) is 2.38. The molecule has 4 heteroatoms. The van der Waals surface area contributed by atoms with E-state index in [2.05, 4.69) is 16.0 Å². The molecule has 1 atom stereocenters. The van der Waals surface area contributed by atoms with E-state index in [0.717, 1.165) is 44.6 Å². The Bertz CT molecular complexity index is 363. The SMILES string of the molecule is N=C(N)C1CCCN(CCc2ccccn2)C1. The number of pyridine rings is 1. The maximum absolute atomic E-state index is 7.51. The molecule has 1 unspecified atom stereocenters. The van der Waals surface area contributed by atoms with Gasteiger partial charge in [-0.2, -0.15) is 0 Å². The van der Waals surface area contributed by atoms with Crippen molar-refractivity contribution in [2.24, 2.45) is 11.7 Å². The van der Waals surface area contributed by atoms with Gasteiger partial charge in [-0.05, 0) is 31.5 Å². The Balaban J connectivity index is 1.81. The monoisotopic (exact) mass is 232 g/mol. The number of likely N-dealkylation sites (tertiary alicyclic amines) is 1. The first kappa shape index (κ1) is 12.0. The van der Waals surface area contributed by atoms with Crippen molar-refractivity contribution in [2.45, 2.75) is 19.3 Å². The van der Waals surface area contributed by atoms with E-state index in [4.69, 9.17) is 11.1 Å². The summed E-state index contributed by atoms with van der Waals surface area (Å²) in [6.45, 7) is 3.07. The number of rotatable bonds is 4. The minimum atomic E-state index is 0.257. The highest BCUT2D eigenvalue weighted by molar-refractivity contribution is 5.79. The molecule has 4 nitrogen and oxygen atoms in total. The minimum Gasteiger partial charge on any atom is -0.387 e. The number of nitrogens with one attached hydrogen (secondary N) is 1. The fourth-order valence-corrected chi connectivity index (χ4v) is 2.33. The molecule has 0 amide bonds. The van der Waals surface area contributed by atoms with Crippen molar-refractivity contribution in [3.05, 3.63) is 30.1 Å². The van der Waals surface area contributed by atoms with Crippen molar-refractivity contribution in [1.29, 1.82) is 5.41 Å². The lowest BCUT2D eigenvalue weighted by Crippen LogP contribution is -2.41. The Hall–Kier alpha value is -1.42. The summed E-state index contributed by atoms with van der Waals surface area (Å²) < 4.78 is 0. The molecule has 0 spiro atoms. The van der Waals surface area contributed by atoms with Crippen LogP contribution >= 0.6 is 0 Å². The van der Waals surface area contributed by atoms with Crippen molar-refractivity contribution in [2.75, 3.05) is 19.6 Å². The molecule has 1 aliphatic rings. The first-order valence-electron chi connectivity index (χ1n) is 6.22. The summed E-state index contributed by atoms with van der Waals surface area (Å²) in [5.74, 6) is 0.597. The normalized spacial score (nSPS) is 21.3. The molecule has 0 aliphatic carbocycles. The largest absolute Gasteiger partial charge is 0.387 e. The van der Waals surface area contributed by atoms with Crippen molar-refractivity contribution < 1.29 is 0 Å². The molecule has 0 radical (unpaired) electrons. The van der Waals surface area contributed by atoms with Gasteiger partial charge in [-0.1, -0.05) is 6.07 Å². The number of hydrogen-bond donors (Lipinski definition) is 2. The van der Waals surface area contributed by atoms with Crippen molar-refractivity contribution in [3.8, 4) is 0 Å². The summed E-state index contributed by atoms with van der Waals surface area (Å²) in [6.07, 6.45) is 5.03. The van der Waals surface area contributed by atoms with E-state index in [1.807, 2.05) is 18.3 Å². The molecule has 92 valence electrons. The summed E-state index contributed by atoms with van der Waals surface area (Å²) in [4.78, 5) is 6.72. The predicted molar refractivity (Wildman–Crippen MR) is 69.0 cm³/mol. The molecule has 17 heavy (non-hydrogen) atoms. The molecular weight excluding hydrogens is 212 g/mol. The molecule has 3 N–H and O–H groups in total. The summed E-state index contributed by atoms with van der Waals surface area (Å²) in [7, 11) is 0. The number of nitrogens with zero attached hydrogens (tertiary/aromatic N) is 2. The van der Waals surface area contributed by atoms with Gasteiger partial charge < -0.3 is 10.6 Å².